The van der Waals surface area contributed by atoms with E-state index < -0.39 is 0 Å². The van der Waals surface area contributed by atoms with E-state index in [1.54, 1.807) is 0 Å². The minimum absolute atomic E-state index is 0. The summed E-state index contributed by atoms with van der Waals surface area (Å²) in [5.74, 6) is 1.08. The minimum atomic E-state index is 0. The first-order chi connectivity index (χ1) is 8.26. The molecule has 1 aliphatic carbocycles. The fraction of sp³-hybridized carbons (Fsp3) is 0.923. The fourth-order valence-electron chi connectivity index (χ4n) is 2.61. The van der Waals surface area contributed by atoms with Crippen LogP contribution in [0, 0.1) is 5.41 Å². The van der Waals surface area contributed by atoms with E-state index in [0.717, 1.165) is 38.8 Å². The first-order valence-electron chi connectivity index (χ1n) is 6.83. The van der Waals surface area contributed by atoms with Crippen LogP contribution in [0.4, 0.5) is 0 Å². The topological polar surface area (TPSA) is 36.9 Å². The number of nitrogens with one attached hydrogen (secondary N) is 1. The quantitative estimate of drug-likeness (QED) is 0.577. The van der Waals surface area contributed by atoms with Crippen LogP contribution in [0.15, 0.2) is 4.99 Å². The zero-order valence-electron chi connectivity index (χ0n) is 11.6. The Morgan fingerprint density at radius 3 is 2.72 bits per heavy atom. The number of hydrogen-bond donors (Lipinski definition) is 1. The average Bonchev–Trinajstić information content (AvgIpc) is 2.67. The van der Waals surface area contributed by atoms with Gasteiger partial charge in [0.25, 0.3) is 0 Å². The van der Waals surface area contributed by atoms with Gasteiger partial charge in [0.05, 0.1) is 6.54 Å². The van der Waals surface area contributed by atoms with Gasteiger partial charge in [-0.2, -0.15) is 0 Å². The van der Waals surface area contributed by atoms with E-state index in [1.807, 2.05) is 0 Å². The Morgan fingerprint density at radius 2 is 2.22 bits per heavy atom. The molecule has 1 fully saturated rings. The van der Waals surface area contributed by atoms with E-state index >= 15 is 0 Å². The van der Waals surface area contributed by atoms with E-state index in [9.17, 15) is 0 Å². The van der Waals surface area contributed by atoms with E-state index in [-0.39, 0.29) is 24.0 Å². The van der Waals surface area contributed by atoms with Crippen molar-refractivity contribution in [1.29, 1.82) is 0 Å². The van der Waals surface area contributed by atoms with E-state index in [2.05, 4.69) is 29.2 Å². The summed E-state index contributed by atoms with van der Waals surface area (Å²) in [6.07, 6.45) is 5.23. The smallest absolute Gasteiger partial charge is 0.193 e. The molecule has 1 heterocycles. The van der Waals surface area contributed by atoms with Crippen LogP contribution in [-0.4, -0.2) is 50.8 Å². The van der Waals surface area contributed by atoms with Gasteiger partial charge in [0.2, 0.25) is 0 Å². The third-order valence-corrected chi connectivity index (χ3v) is 4.08. The molecule has 0 bridgehead atoms. The third kappa shape index (κ3) is 3.98. The number of aliphatic imine (C=N–C) groups is 1. The van der Waals surface area contributed by atoms with Gasteiger partial charge in [-0.3, -0.25) is 4.99 Å². The lowest BCUT2D eigenvalue weighted by molar-refractivity contribution is 0.0570. The average molecular weight is 367 g/mol. The summed E-state index contributed by atoms with van der Waals surface area (Å²) in [7, 11) is 2.10. The van der Waals surface area contributed by atoms with Crippen molar-refractivity contribution in [3.05, 3.63) is 0 Å². The van der Waals surface area contributed by atoms with Crippen LogP contribution in [-0.2, 0) is 4.74 Å². The van der Waals surface area contributed by atoms with Crippen molar-refractivity contribution in [2.45, 2.75) is 32.6 Å². The van der Waals surface area contributed by atoms with Gasteiger partial charge in [-0.25, -0.2) is 0 Å². The highest BCUT2D eigenvalue weighted by molar-refractivity contribution is 14.0. The van der Waals surface area contributed by atoms with E-state index in [0.29, 0.717) is 5.41 Å². The molecular weight excluding hydrogens is 341 g/mol. The molecule has 18 heavy (non-hydrogen) atoms. The monoisotopic (exact) mass is 367 g/mol. The molecule has 1 saturated carbocycles. The van der Waals surface area contributed by atoms with Gasteiger partial charge in [0, 0.05) is 33.4 Å². The Labute approximate surface area is 128 Å². The lowest BCUT2D eigenvalue weighted by Crippen LogP contribution is -2.46. The molecule has 0 aromatic rings. The summed E-state index contributed by atoms with van der Waals surface area (Å²) >= 11 is 0. The Kier molecular flexibility index (Phi) is 6.70. The summed E-state index contributed by atoms with van der Waals surface area (Å²) in [5.41, 5.74) is 0.473. The highest BCUT2D eigenvalue weighted by Crippen LogP contribution is 2.43. The molecule has 0 amide bonds. The Bertz CT molecular complexity index is 279. The standard InChI is InChI=1S/C13H25N3O.HI/c1-3-17-10-7-13(5-4-6-13)11-15-12-14-8-9-16(12)2;/h3-11H2,1-2H3,(H,14,15);1H. The van der Waals surface area contributed by atoms with Gasteiger partial charge < -0.3 is 15.0 Å². The molecule has 0 spiro atoms. The number of ether oxygens (including phenoxy) is 1. The maximum atomic E-state index is 5.49. The third-order valence-electron chi connectivity index (χ3n) is 4.08. The molecular formula is C13H26IN3O. The first-order valence-corrected chi connectivity index (χ1v) is 6.83. The summed E-state index contributed by atoms with van der Waals surface area (Å²) in [6, 6.07) is 0. The Balaban J connectivity index is 0.00000162. The second-order valence-electron chi connectivity index (χ2n) is 5.28. The normalized spacial score (nSPS) is 21.0. The summed E-state index contributed by atoms with van der Waals surface area (Å²) in [4.78, 5) is 6.68. The predicted octanol–water partition coefficient (Wildman–Crippen LogP) is 2.09. The molecule has 0 atom stereocenters. The van der Waals surface area contributed by atoms with Crippen molar-refractivity contribution in [2.24, 2.45) is 10.4 Å². The van der Waals surface area contributed by atoms with Crippen molar-refractivity contribution in [1.82, 2.24) is 10.2 Å². The second kappa shape index (κ2) is 7.53. The highest BCUT2D eigenvalue weighted by Gasteiger charge is 2.36. The van der Waals surface area contributed by atoms with Gasteiger partial charge in [0.15, 0.2) is 5.96 Å². The van der Waals surface area contributed by atoms with Crippen molar-refractivity contribution in [2.75, 3.05) is 39.9 Å². The van der Waals surface area contributed by atoms with Crippen molar-refractivity contribution in [3.63, 3.8) is 0 Å². The molecule has 0 aromatic heterocycles. The molecule has 5 heteroatoms. The van der Waals surface area contributed by atoms with Crippen LogP contribution < -0.4 is 5.32 Å². The van der Waals surface area contributed by atoms with Gasteiger partial charge in [-0.05, 0) is 31.6 Å². The van der Waals surface area contributed by atoms with Gasteiger partial charge in [-0.1, -0.05) is 6.42 Å². The van der Waals surface area contributed by atoms with Crippen LogP contribution in [0.5, 0.6) is 0 Å². The van der Waals surface area contributed by atoms with Crippen molar-refractivity contribution in [3.8, 4) is 0 Å². The van der Waals surface area contributed by atoms with Crippen LogP contribution in [0.3, 0.4) is 0 Å². The van der Waals surface area contributed by atoms with Crippen molar-refractivity contribution >= 4 is 29.9 Å². The second-order valence-corrected chi connectivity index (χ2v) is 5.28. The van der Waals surface area contributed by atoms with Crippen LogP contribution in [0.2, 0.25) is 0 Å². The van der Waals surface area contributed by atoms with Crippen LogP contribution in [0.25, 0.3) is 0 Å². The SMILES string of the molecule is CCOCCC1(CNC2=NCCN2C)CCC1.I. The first kappa shape index (κ1) is 16.0. The Hall–Kier alpha value is -0.0400. The summed E-state index contributed by atoms with van der Waals surface area (Å²) < 4.78 is 5.49. The molecule has 1 aliphatic heterocycles. The molecule has 0 unspecified atom stereocenters. The molecule has 0 radical (unpaired) electrons. The zero-order valence-corrected chi connectivity index (χ0v) is 13.9. The summed E-state index contributed by atoms with van der Waals surface area (Å²) in [5, 5.41) is 3.52. The zero-order chi connectivity index (χ0) is 12.1. The molecule has 4 nitrogen and oxygen atoms in total. The predicted molar refractivity (Wildman–Crippen MR) is 85.7 cm³/mol. The molecule has 1 N–H and O–H groups in total. The lowest BCUT2D eigenvalue weighted by Gasteiger charge is -2.42. The Morgan fingerprint density at radius 1 is 1.44 bits per heavy atom. The lowest BCUT2D eigenvalue weighted by atomic mass is 9.67. The number of nitrogens with zero attached hydrogens (tertiary/aromatic N) is 2. The number of halogens is 1. The molecule has 0 aromatic carbocycles. The number of guanidine groups is 1. The molecule has 106 valence electrons. The van der Waals surface area contributed by atoms with E-state index in [1.165, 1.54) is 25.7 Å². The maximum Gasteiger partial charge on any atom is 0.193 e. The summed E-state index contributed by atoms with van der Waals surface area (Å²) in [6.45, 7) is 6.84. The molecule has 2 aliphatic rings. The van der Waals surface area contributed by atoms with Crippen molar-refractivity contribution < 1.29 is 4.74 Å². The minimum Gasteiger partial charge on any atom is -0.382 e. The van der Waals surface area contributed by atoms with E-state index in [4.69, 9.17) is 4.74 Å². The number of likely N-dealkylation sites (N-methyl/N-ethyl adjacent to an activating group) is 1. The fourth-order valence-corrected chi connectivity index (χ4v) is 2.61. The van der Waals surface area contributed by atoms with Gasteiger partial charge in [0.1, 0.15) is 0 Å². The largest absolute Gasteiger partial charge is 0.382 e. The van der Waals surface area contributed by atoms with Gasteiger partial charge >= 0.3 is 0 Å². The number of hydrogen-bond acceptors (Lipinski definition) is 4. The maximum absolute atomic E-state index is 5.49. The van der Waals surface area contributed by atoms with Crippen LogP contribution in [0.1, 0.15) is 32.6 Å². The molecule has 2 rings (SSSR count). The van der Waals surface area contributed by atoms with Crippen LogP contribution >= 0.6 is 24.0 Å². The molecule has 0 saturated heterocycles. The highest BCUT2D eigenvalue weighted by atomic mass is 127. The number of rotatable bonds is 6. The van der Waals surface area contributed by atoms with Gasteiger partial charge in [-0.15, -0.1) is 24.0 Å².